The molecule has 2 aromatic rings. The van der Waals surface area contributed by atoms with Gasteiger partial charge in [0.1, 0.15) is 11.4 Å². The van der Waals surface area contributed by atoms with Crippen LogP contribution in [0.15, 0.2) is 30.6 Å². The van der Waals surface area contributed by atoms with E-state index in [-0.39, 0.29) is 11.4 Å². The van der Waals surface area contributed by atoms with Crippen molar-refractivity contribution in [3.63, 3.8) is 0 Å². The molecule has 0 aliphatic rings. The molecule has 7 heteroatoms. The van der Waals surface area contributed by atoms with Crippen LogP contribution in [0.2, 0.25) is 0 Å². The number of phenolic OH excluding ortho intramolecular Hbond substituents is 1. The highest BCUT2D eigenvalue weighted by Crippen LogP contribution is 2.28. The molecule has 0 unspecified atom stereocenters. The maximum Gasteiger partial charge on any atom is 0.296 e. The van der Waals surface area contributed by atoms with Gasteiger partial charge in [-0.05, 0) is 18.6 Å². The van der Waals surface area contributed by atoms with Crippen molar-refractivity contribution in [1.29, 1.82) is 0 Å². The van der Waals surface area contributed by atoms with Gasteiger partial charge < -0.3 is 10.4 Å². The number of nitrogens with zero attached hydrogens (tertiary/aromatic N) is 3. The van der Waals surface area contributed by atoms with Crippen molar-refractivity contribution in [3.05, 3.63) is 46.3 Å². The number of benzene rings is 1. The van der Waals surface area contributed by atoms with E-state index in [1.54, 1.807) is 6.20 Å². The molecule has 1 aromatic carbocycles. The molecule has 2 rings (SSSR count). The van der Waals surface area contributed by atoms with E-state index < -0.39 is 4.92 Å². The van der Waals surface area contributed by atoms with Crippen LogP contribution in [0.5, 0.6) is 5.75 Å². The van der Waals surface area contributed by atoms with E-state index in [4.69, 9.17) is 0 Å². The molecule has 0 aliphatic heterocycles. The van der Waals surface area contributed by atoms with Gasteiger partial charge >= 0.3 is 0 Å². The Morgan fingerprint density at radius 1 is 1.50 bits per heavy atom. The summed E-state index contributed by atoms with van der Waals surface area (Å²) in [7, 11) is 0. The largest absolute Gasteiger partial charge is 0.508 e. The van der Waals surface area contributed by atoms with Crippen molar-refractivity contribution < 1.29 is 10.0 Å². The summed E-state index contributed by atoms with van der Waals surface area (Å²) in [5.41, 5.74) is 1.17. The normalized spacial score (nSPS) is 10.4. The van der Waals surface area contributed by atoms with Crippen molar-refractivity contribution >= 4 is 11.4 Å². The molecule has 0 amide bonds. The second-order valence-electron chi connectivity index (χ2n) is 4.42. The smallest absolute Gasteiger partial charge is 0.296 e. The minimum Gasteiger partial charge on any atom is -0.508 e. The summed E-state index contributed by atoms with van der Waals surface area (Å²) in [4.78, 5) is 10.4. The van der Waals surface area contributed by atoms with Crippen molar-refractivity contribution in [2.24, 2.45) is 0 Å². The Hall–Kier alpha value is -2.57. The topological polar surface area (TPSA) is 93.2 Å². The zero-order chi connectivity index (χ0) is 14.5. The molecule has 1 aromatic heterocycles. The molecule has 0 aliphatic carbocycles. The van der Waals surface area contributed by atoms with Crippen molar-refractivity contribution in [1.82, 2.24) is 9.78 Å². The van der Waals surface area contributed by atoms with Gasteiger partial charge in [-0.1, -0.05) is 6.92 Å². The summed E-state index contributed by atoms with van der Waals surface area (Å²) < 4.78 is 1.84. The summed E-state index contributed by atoms with van der Waals surface area (Å²) in [5.74, 6) is -0.127. The fourth-order valence-corrected chi connectivity index (χ4v) is 1.87. The molecule has 0 saturated heterocycles. The number of rotatable bonds is 6. The fraction of sp³-hybridized carbons (Fsp3) is 0.308. The number of anilines is 1. The summed E-state index contributed by atoms with van der Waals surface area (Å²) in [6.45, 7) is 3.36. The Bertz CT molecular complexity index is 609. The summed E-state index contributed by atoms with van der Waals surface area (Å²) >= 11 is 0. The Balaban J connectivity index is 2.08. The first kappa shape index (κ1) is 13.9. The minimum absolute atomic E-state index is 0.127. The van der Waals surface area contributed by atoms with Crippen LogP contribution in [-0.4, -0.2) is 19.8 Å². The SMILES string of the molecule is CCCn1cc(CNc2ccc(O)cc2[N+](=O)[O-])cn1. The lowest BCUT2D eigenvalue weighted by Crippen LogP contribution is -2.02. The van der Waals surface area contributed by atoms with Crippen LogP contribution in [0.3, 0.4) is 0 Å². The van der Waals surface area contributed by atoms with E-state index in [9.17, 15) is 15.2 Å². The number of hydrogen-bond donors (Lipinski definition) is 2. The lowest BCUT2D eigenvalue weighted by atomic mass is 10.2. The molecule has 0 atom stereocenters. The second kappa shape index (κ2) is 6.05. The zero-order valence-electron chi connectivity index (χ0n) is 11.1. The lowest BCUT2D eigenvalue weighted by Gasteiger charge is -2.06. The minimum atomic E-state index is -0.525. The standard InChI is InChI=1S/C13H16N4O3/c1-2-5-16-9-10(8-15-16)7-14-12-4-3-11(18)6-13(12)17(19)20/h3-4,6,8-9,14,18H,2,5,7H2,1H3. The maximum absolute atomic E-state index is 10.9. The number of nitro benzene ring substituents is 1. The van der Waals surface area contributed by atoms with Gasteiger partial charge in [0, 0.05) is 24.8 Å². The molecular weight excluding hydrogens is 260 g/mol. The highest BCUT2D eigenvalue weighted by molar-refractivity contribution is 5.63. The number of nitrogens with one attached hydrogen (secondary N) is 1. The number of aromatic nitrogens is 2. The van der Waals surface area contributed by atoms with E-state index in [0.717, 1.165) is 24.6 Å². The van der Waals surface area contributed by atoms with Crippen LogP contribution in [0.25, 0.3) is 0 Å². The van der Waals surface area contributed by atoms with Crippen LogP contribution >= 0.6 is 0 Å². The highest BCUT2D eigenvalue weighted by atomic mass is 16.6. The van der Waals surface area contributed by atoms with Crippen molar-refractivity contribution in [2.45, 2.75) is 26.4 Å². The Kier molecular flexibility index (Phi) is 4.19. The van der Waals surface area contributed by atoms with Gasteiger partial charge in [-0.15, -0.1) is 0 Å². The van der Waals surface area contributed by atoms with Crippen LogP contribution in [0.4, 0.5) is 11.4 Å². The quantitative estimate of drug-likeness (QED) is 0.480. The first-order valence-corrected chi connectivity index (χ1v) is 6.32. The van der Waals surface area contributed by atoms with Crippen LogP contribution in [0, 0.1) is 10.1 Å². The molecule has 7 nitrogen and oxygen atoms in total. The average Bonchev–Trinajstić information content (AvgIpc) is 2.85. The first-order valence-electron chi connectivity index (χ1n) is 6.32. The Morgan fingerprint density at radius 3 is 3.00 bits per heavy atom. The third kappa shape index (κ3) is 3.25. The van der Waals surface area contributed by atoms with Crippen LogP contribution < -0.4 is 5.32 Å². The van der Waals surface area contributed by atoms with Gasteiger partial charge in [0.15, 0.2) is 0 Å². The molecule has 2 N–H and O–H groups in total. The lowest BCUT2D eigenvalue weighted by molar-refractivity contribution is -0.384. The average molecular weight is 276 g/mol. The first-order chi connectivity index (χ1) is 9.60. The van der Waals surface area contributed by atoms with Crippen molar-refractivity contribution in [2.75, 3.05) is 5.32 Å². The molecule has 0 fully saturated rings. The van der Waals surface area contributed by atoms with Gasteiger partial charge in [0.25, 0.3) is 5.69 Å². The Labute approximate surface area is 116 Å². The Morgan fingerprint density at radius 2 is 2.30 bits per heavy atom. The van der Waals surface area contributed by atoms with Crippen LogP contribution in [0.1, 0.15) is 18.9 Å². The zero-order valence-corrected chi connectivity index (χ0v) is 11.1. The van der Waals surface area contributed by atoms with Gasteiger partial charge in [-0.3, -0.25) is 14.8 Å². The van der Waals surface area contributed by atoms with Crippen LogP contribution in [-0.2, 0) is 13.1 Å². The van der Waals surface area contributed by atoms with E-state index in [0.29, 0.717) is 12.2 Å². The van der Waals surface area contributed by atoms with Gasteiger partial charge in [-0.2, -0.15) is 5.10 Å². The highest BCUT2D eigenvalue weighted by Gasteiger charge is 2.14. The molecule has 1 heterocycles. The van der Waals surface area contributed by atoms with Gasteiger partial charge in [0.05, 0.1) is 17.2 Å². The van der Waals surface area contributed by atoms with E-state index in [1.807, 2.05) is 10.9 Å². The second-order valence-corrected chi connectivity index (χ2v) is 4.42. The molecule has 0 bridgehead atoms. The fourth-order valence-electron chi connectivity index (χ4n) is 1.87. The number of hydrogen-bond acceptors (Lipinski definition) is 5. The molecule has 0 radical (unpaired) electrons. The van der Waals surface area contributed by atoms with Gasteiger partial charge in [-0.25, -0.2) is 0 Å². The molecule has 106 valence electrons. The predicted octanol–water partition coefficient (Wildman–Crippen LogP) is 2.52. The summed E-state index contributed by atoms with van der Waals surface area (Å²) in [6, 6.07) is 4.03. The molecule has 20 heavy (non-hydrogen) atoms. The summed E-state index contributed by atoms with van der Waals surface area (Å²) in [6.07, 6.45) is 4.63. The van der Waals surface area contributed by atoms with E-state index >= 15 is 0 Å². The van der Waals surface area contributed by atoms with E-state index in [2.05, 4.69) is 17.3 Å². The third-order valence-electron chi connectivity index (χ3n) is 2.80. The predicted molar refractivity (Wildman–Crippen MR) is 74.6 cm³/mol. The number of phenols is 1. The third-order valence-corrected chi connectivity index (χ3v) is 2.80. The van der Waals surface area contributed by atoms with E-state index in [1.165, 1.54) is 12.1 Å². The monoisotopic (exact) mass is 276 g/mol. The number of nitro groups is 1. The number of aromatic hydroxyl groups is 1. The molecule has 0 saturated carbocycles. The number of aryl methyl sites for hydroxylation is 1. The van der Waals surface area contributed by atoms with Gasteiger partial charge in [0.2, 0.25) is 0 Å². The maximum atomic E-state index is 10.9. The summed E-state index contributed by atoms with van der Waals surface area (Å²) in [5, 5.41) is 27.4. The molecule has 0 spiro atoms. The van der Waals surface area contributed by atoms with Crippen molar-refractivity contribution in [3.8, 4) is 5.75 Å². The molecular formula is C13H16N4O3.